The Morgan fingerprint density at radius 2 is 0.549 bits per heavy atom. The van der Waals surface area contributed by atoms with Crippen molar-refractivity contribution in [2.45, 2.75) is 0 Å². The Balaban J connectivity index is 0.000000209. The number of carbonyl (C=O) groups excluding carboxylic acids is 2. The van der Waals surface area contributed by atoms with E-state index in [1.807, 2.05) is 12.9 Å². The Bertz CT molecular complexity index is 1620. The van der Waals surface area contributed by atoms with E-state index in [1.54, 1.807) is 24.3 Å². The molecule has 0 bridgehead atoms. The second-order valence-electron chi connectivity index (χ2n) is 10.4. The SMILES string of the molecule is C=O.O=C(OCl)c1ccccc1.[Ru].c1ccc(P(c2ccccc2)c2ccccc2)cc1.c1ccc(P(c2ccccc2)c2ccccc2)cc1. The van der Waals surface area contributed by atoms with E-state index in [4.69, 9.17) is 16.7 Å². The maximum Gasteiger partial charge on any atom is 0.356 e. The average molecular weight is 812 g/mol. The molecule has 0 aromatic heterocycles. The monoisotopic (exact) mass is 812 g/mol. The molecule has 7 aromatic carbocycles. The molecule has 0 amide bonds. The van der Waals surface area contributed by atoms with Gasteiger partial charge in [-0.1, -0.05) is 200 Å². The molecule has 0 radical (unpaired) electrons. The Kier molecular flexibility index (Phi) is 19.1. The first-order valence-corrected chi connectivity index (χ1v) is 18.8. The first kappa shape index (κ1) is 40.9. The van der Waals surface area contributed by atoms with Crippen molar-refractivity contribution in [3.63, 3.8) is 0 Å². The largest absolute Gasteiger partial charge is 0.356 e. The first-order valence-electron chi connectivity index (χ1n) is 15.8. The summed E-state index contributed by atoms with van der Waals surface area (Å²) in [6, 6.07) is 73.2. The van der Waals surface area contributed by atoms with Crippen LogP contribution in [0.3, 0.4) is 0 Å². The molecule has 7 heteroatoms. The molecule has 0 atom stereocenters. The van der Waals surface area contributed by atoms with Crippen molar-refractivity contribution in [3.8, 4) is 0 Å². The normalized spacial score (nSPS) is 9.71. The van der Waals surface area contributed by atoms with Gasteiger partial charge >= 0.3 is 5.97 Å². The zero-order valence-corrected chi connectivity index (χ0v) is 32.0. The van der Waals surface area contributed by atoms with Crippen LogP contribution < -0.4 is 31.8 Å². The van der Waals surface area contributed by atoms with Crippen molar-refractivity contribution in [2.24, 2.45) is 0 Å². The fourth-order valence-electron chi connectivity index (χ4n) is 4.98. The summed E-state index contributed by atoms with van der Waals surface area (Å²) in [6.07, 6.45) is 0. The van der Waals surface area contributed by atoms with Crippen molar-refractivity contribution in [1.29, 1.82) is 0 Å². The van der Waals surface area contributed by atoms with Gasteiger partial charge in [0.1, 0.15) is 18.7 Å². The summed E-state index contributed by atoms with van der Waals surface area (Å²) in [6.45, 7) is 2.00. The maximum atomic E-state index is 10.7. The molecular formula is C44H37ClO3P2Ru. The van der Waals surface area contributed by atoms with E-state index in [-0.39, 0.29) is 19.5 Å². The van der Waals surface area contributed by atoms with E-state index in [2.05, 4.69) is 186 Å². The van der Waals surface area contributed by atoms with Crippen molar-refractivity contribution >= 4 is 72.3 Å². The summed E-state index contributed by atoms with van der Waals surface area (Å²) < 4.78 is 3.97. The molecule has 0 unspecified atom stereocenters. The number of rotatable bonds is 7. The fraction of sp³-hybridized carbons (Fsp3) is 0. The van der Waals surface area contributed by atoms with Crippen molar-refractivity contribution in [1.82, 2.24) is 0 Å². The topological polar surface area (TPSA) is 43.4 Å². The number of halogens is 1. The molecule has 0 spiro atoms. The second-order valence-corrected chi connectivity index (χ2v) is 15.0. The summed E-state index contributed by atoms with van der Waals surface area (Å²) in [5, 5.41) is 8.39. The average Bonchev–Trinajstić information content (AvgIpc) is 3.22. The zero-order valence-electron chi connectivity index (χ0n) is 27.8. The van der Waals surface area contributed by atoms with Crippen LogP contribution in [-0.2, 0) is 28.6 Å². The summed E-state index contributed by atoms with van der Waals surface area (Å²) in [5.41, 5.74) is 0.456. The Morgan fingerprint density at radius 3 is 0.725 bits per heavy atom. The molecule has 0 heterocycles. The van der Waals surface area contributed by atoms with Gasteiger partial charge in [-0.05, 0) is 59.8 Å². The predicted molar refractivity (Wildman–Crippen MR) is 215 cm³/mol. The predicted octanol–water partition coefficient (Wildman–Crippen LogP) is 8.70. The van der Waals surface area contributed by atoms with Gasteiger partial charge in [-0.15, -0.1) is 0 Å². The molecule has 0 aliphatic rings. The van der Waals surface area contributed by atoms with Gasteiger partial charge in [-0.2, -0.15) is 0 Å². The first-order chi connectivity index (χ1) is 24.7. The Morgan fingerprint density at radius 1 is 0.373 bits per heavy atom. The third-order valence-corrected chi connectivity index (χ3v) is 12.2. The summed E-state index contributed by atoms with van der Waals surface area (Å²) >= 11 is 4.84. The molecule has 0 saturated carbocycles. The summed E-state index contributed by atoms with van der Waals surface area (Å²) in [4.78, 5) is 18.7. The number of hydrogen-bond acceptors (Lipinski definition) is 3. The van der Waals surface area contributed by atoms with Crippen molar-refractivity contribution in [3.05, 3.63) is 218 Å². The van der Waals surface area contributed by atoms with Crippen molar-refractivity contribution in [2.75, 3.05) is 0 Å². The standard InChI is InChI=1S/2C18H15P.C7H5ClO2.CH2O.Ru/c2*1-4-10-16(11-5-1)19(17-12-6-2-7-13-17)18-14-8-3-9-15-18;8-10-7(9)6-4-2-1-3-5-6;1-2;/h2*1-15H;1-5H;1H2;. The van der Waals surface area contributed by atoms with Crippen LogP contribution in [0.15, 0.2) is 212 Å². The van der Waals surface area contributed by atoms with E-state index >= 15 is 0 Å². The molecular weight excluding hydrogens is 775 g/mol. The molecule has 0 saturated heterocycles. The maximum absolute atomic E-state index is 10.7. The molecule has 51 heavy (non-hydrogen) atoms. The zero-order chi connectivity index (χ0) is 35.2. The van der Waals surface area contributed by atoms with Crippen LogP contribution in [0.5, 0.6) is 0 Å². The van der Waals surface area contributed by atoms with Gasteiger partial charge in [0.25, 0.3) is 0 Å². The van der Waals surface area contributed by atoms with E-state index in [9.17, 15) is 4.79 Å². The van der Waals surface area contributed by atoms with Gasteiger partial charge in [-0.25, -0.2) is 4.79 Å². The minimum Gasteiger partial charge on any atom is -0.343 e. The van der Waals surface area contributed by atoms with E-state index in [1.165, 1.54) is 31.8 Å². The van der Waals surface area contributed by atoms with Gasteiger partial charge in [0, 0.05) is 19.5 Å². The molecule has 256 valence electrons. The molecule has 7 rings (SSSR count). The van der Waals surface area contributed by atoms with Gasteiger partial charge in [-0.3, -0.25) is 0 Å². The third kappa shape index (κ3) is 12.9. The van der Waals surface area contributed by atoms with Gasteiger partial charge in [0.05, 0.1) is 5.56 Å². The molecule has 0 fully saturated rings. The van der Waals surface area contributed by atoms with E-state index < -0.39 is 21.8 Å². The van der Waals surface area contributed by atoms with Crippen LogP contribution >= 0.6 is 27.7 Å². The van der Waals surface area contributed by atoms with Gasteiger partial charge in [0.15, 0.2) is 0 Å². The van der Waals surface area contributed by atoms with Crippen LogP contribution in [0.1, 0.15) is 10.4 Å². The molecule has 0 aliphatic carbocycles. The smallest absolute Gasteiger partial charge is 0.343 e. The quantitative estimate of drug-likeness (QED) is 0.120. The van der Waals surface area contributed by atoms with Gasteiger partial charge < -0.3 is 9.08 Å². The minimum atomic E-state index is -0.526. The van der Waals surface area contributed by atoms with Crippen LogP contribution in [-0.4, -0.2) is 12.8 Å². The van der Waals surface area contributed by atoms with E-state index in [0.29, 0.717) is 5.56 Å². The molecule has 0 N–H and O–H groups in total. The van der Waals surface area contributed by atoms with Crippen LogP contribution in [0.2, 0.25) is 0 Å². The van der Waals surface area contributed by atoms with Crippen LogP contribution in [0, 0.1) is 0 Å². The van der Waals surface area contributed by atoms with E-state index in [0.717, 1.165) is 0 Å². The third-order valence-electron chi connectivity index (χ3n) is 7.17. The number of carbonyl (C=O) groups is 2. The number of benzene rings is 7. The van der Waals surface area contributed by atoms with Crippen molar-refractivity contribution < 1.29 is 33.4 Å². The molecule has 0 aliphatic heterocycles. The Labute approximate surface area is 321 Å². The molecule has 7 aromatic rings. The van der Waals surface area contributed by atoms with Crippen LogP contribution in [0.25, 0.3) is 0 Å². The summed E-state index contributed by atoms with van der Waals surface area (Å²) in [5.74, 6) is -0.526. The fourth-order valence-corrected chi connectivity index (χ4v) is 9.68. The van der Waals surface area contributed by atoms with Gasteiger partial charge in [0.2, 0.25) is 0 Å². The minimum absolute atomic E-state index is 0. The Hall–Kier alpha value is -4.55. The molecule has 3 nitrogen and oxygen atoms in total. The van der Waals surface area contributed by atoms with Crippen LogP contribution in [0.4, 0.5) is 0 Å². The summed E-state index contributed by atoms with van der Waals surface area (Å²) in [7, 11) is -0.892. The second kappa shape index (κ2) is 23.8. The number of hydrogen-bond donors (Lipinski definition) is 0.